The number of carbonyl (C=O) groups is 1. The third kappa shape index (κ3) is 5.17. The molecule has 1 amide bonds. The van der Waals surface area contributed by atoms with Gasteiger partial charge in [0.2, 0.25) is 5.91 Å². The summed E-state index contributed by atoms with van der Waals surface area (Å²) in [6, 6.07) is 0. The summed E-state index contributed by atoms with van der Waals surface area (Å²) in [4.78, 5) is 10.8. The standard InChI is InChI=1S/C12H23NO2/c1-2-7-15-9-11-5-3-10(4-6-11)8-12(13)14/h10-11H,2-9H2,1H3,(H2,13,14)/t10-,11+. The van der Waals surface area contributed by atoms with Crippen LogP contribution in [-0.2, 0) is 9.53 Å². The van der Waals surface area contributed by atoms with Crippen LogP contribution in [0.15, 0.2) is 0 Å². The van der Waals surface area contributed by atoms with Crippen molar-refractivity contribution in [3.63, 3.8) is 0 Å². The van der Waals surface area contributed by atoms with E-state index >= 15 is 0 Å². The lowest BCUT2D eigenvalue weighted by molar-refractivity contribution is -0.119. The highest BCUT2D eigenvalue weighted by atomic mass is 16.5. The summed E-state index contributed by atoms with van der Waals surface area (Å²) in [5.41, 5.74) is 5.19. The lowest BCUT2D eigenvalue weighted by atomic mass is 9.81. The minimum atomic E-state index is -0.152. The topological polar surface area (TPSA) is 52.3 Å². The molecule has 0 aromatic carbocycles. The first-order valence-electron chi connectivity index (χ1n) is 6.08. The van der Waals surface area contributed by atoms with Crippen molar-refractivity contribution in [3.8, 4) is 0 Å². The van der Waals surface area contributed by atoms with Crippen molar-refractivity contribution in [1.82, 2.24) is 0 Å². The van der Waals surface area contributed by atoms with Gasteiger partial charge in [0.15, 0.2) is 0 Å². The molecule has 0 atom stereocenters. The fraction of sp³-hybridized carbons (Fsp3) is 0.917. The zero-order chi connectivity index (χ0) is 11.1. The summed E-state index contributed by atoms with van der Waals surface area (Å²) in [5.74, 6) is 1.09. The maximum Gasteiger partial charge on any atom is 0.217 e. The normalized spacial score (nSPS) is 26.5. The lowest BCUT2D eigenvalue weighted by Gasteiger charge is -2.27. The quantitative estimate of drug-likeness (QED) is 0.687. The zero-order valence-electron chi connectivity index (χ0n) is 9.71. The van der Waals surface area contributed by atoms with Crippen LogP contribution in [0.3, 0.4) is 0 Å². The van der Waals surface area contributed by atoms with E-state index in [0.717, 1.165) is 32.5 Å². The molecule has 15 heavy (non-hydrogen) atoms. The van der Waals surface area contributed by atoms with Gasteiger partial charge >= 0.3 is 0 Å². The van der Waals surface area contributed by atoms with Crippen molar-refractivity contribution in [2.24, 2.45) is 17.6 Å². The van der Waals surface area contributed by atoms with E-state index in [2.05, 4.69) is 6.92 Å². The predicted molar refractivity (Wildman–Crippen MR) is 60.4 cm³/mol. The zero-order valence-corrected chi connectivity index (χ0v) is 9.71. The van der Waals surface area contributed by atoms with Gasteiger partial charge < -0.3 is 10.5 Å². The van der Waals surface area contributed by atoms with Gasteiger partial charge in [0, 0.05) is 19.6 Å². The van der Waals surface area contributed by atoms with E-state index < -0.39 is 0 Å². The number of hydrogen-bond acceptors (Lipinski definition) is 2. The Bertz CT molecular complexity index is 186. The Kier molecular flexibility index (Phi) is 5.69. The van der Waals surface area contributed by atoms with E-state index in [1.54, 1.807) is 0 Å². The maximum absolute atomic E-state index is 10.8. The van der Waals surface area contributed by atoms with Crippen LogP contribution in [0.4, 0.5) is 0 Å². The highest BCUT2D eigenvalue weighted by Crippen LogP contribution is 2.30. The third-order valence-electron chi connectivity index (χ3n) is 3.16. The Morgan fingerprint density at radius 2 is 1.87 bits per heavy atom. The largest absolute Gasteiger partial charge is 0.381 e. The number of ether oxygens (including phenoxy) is 1. The van der Waals surface area contributed by atoms with E-state index in [1.165, 1.54) is 12.8 Å². The average molecular weight is 213 g/mol. The second-order valence-corrected chi connectivity index (χ2v) is 4.63. The van der Waals surface area contributed by atoms with Crippen LogP contribution in [0.1, 0.15) is 45.4 Å². The molecule has 3 heteroatoms. The number of carbonyl (C=O) groups excluding carboxylic acids is 1. The van der Waals surface area contributed by atoms with Gasteiger partial charge in [-0.3, -0.25) is 4.79 Å². The molecule has 0 aliphatic heterocycles. The molecule has 0 spiro atoms. The van der Waals surface area contributed by atoms with E-state index in [1.807, 2.05) is 0 Å². The molecule has 0 saturated heterocycles. The molecule has 3 nitrogen and oxygen atoms in total. The van der Waals surface area contributed by atoms with E-state index in [4.69, 9.17) is 10.5 Å². The molecule has 1 fully saturated rings. The van der Waals surface area contributed by atoms with Gasteiger partial charge in [-0.15, -0.1) is 0 Å². The fourth-order valence-electron chi connectivity index (χ4n) is 2.28. The van der Waals surface area contributed by atoms with Gasteiger partial charge in [-0.1, -0.05) is 6.92 Å². The van der Waals surface area contributed by atoms with Crippen molar-refractivity contribution in [2.75, 3.05) is 13.2 Å². The molecule has 0 bridgehead atoms. The van der Waals surface area contributed by atoms with E-state index in [-0.39, 0.29) is 5.91 Å². The number of nitrogens with two attached hydrogens (primary N) is 1. The molecule has 0 heterocycles. The van der Waals surface area contributed by atoms with Crippen LogP contribution in [0.25, 0.3) is 0 Å². The summed E-state index contributed by atoms with van der Waals surface area (Å²) in [6.07, 6.45) is 6.34. The van der Waals surface area contributed by atoms with Crippen molar-refractivity contribution in [1.29, 1.82) is 0 Å². The van der Waals surface area contributed by atoms with Gasteiger partial charge in [0.05, 0.1) is 0 Å². The molecule has 0 unspecified atom stereocenters. The molecule has 0 aromatic rings. The average Bonchev–Trinajstić information content (AvgIpc) is 2.20. The van der Waals surface area contributed by atoms with Gasteiger partial charge in [-0.2, -0.15) is 0 Å². The smallest absolute Gasteiger partial charge is 0.217 e. The van der Waals surface area contributed by atoms with Crippen molar-refractivity contribution in [2.45, 2.75) is 45.4 Å². The third-order valence-corrected chi connectivity index (χ3v) is 3.16. The maximum atomic E-state index is 10.8. The van der Waals surface area contributed by atoms with Crippen molar-refractivity contribution in [3.05, 3.63) is 0 Å². The molecule has 1 aliphatic carbocycles. The molecule has 88 valence electrons. The number of primary amides is 1. The van der Waals surface area contributed by atoms with Crippen LogP contribution in [0.2, 0.25) is 0 Å². The summed E-state index contributed by atoms with van der Waals surface area (Å²) in [7, 11) is 0. The predicted octanol–water partition coefficient (Wildman–Crippen LogP) is 2.09. The summed E-state index contributed by atoms with van der Waals surface area (Å²) >= 11 is 0. The first kappa shape index (κ1) is 12.5. The molecule has 0 radical (unpaired) electrons. The molecule has 0 aromatic heterocycles. The van der Waals surface area contributed by atoms with Crippen LogP contribution >= 0.6 is 0 Å². The Balaban J connectivity index is 2.10. The number of hydrogen-bond donors (Lipinski definition) is 1. The minimum Gasteiger partial charge on any atom is -0.381 e. The minimum absolute atomic E-state index is 0.152. The highest BCUT2D eigenvalue weighted by Gasteiger charge is 2.22. The molecular formula is C12H23NO2. The molecule has 1 aliphatic rings. The molecule has 1 saturated carbocycles. The SMILES string of the molecule is CCCOC[C@H]1CC[C@@H](CC(N)=O)CC1. The Morgan fingerprint density at radius 1 is 1.27 bits per heavy atom. The summed E-state index contributed by atoms with van der Waals surface area (Å²) in [6.45, 7) is 3.90. The van der Waals surface area contributed by atoms with Gasteiger partial charge in [-0.05, 0) is 43.9 Å². The number of amides is 1. The van der Waals surface area contributed by atoms with Gasteiger partial charge in [-0.25, -0.2) is 0 Å². The number of rotatable bonds is 6. The van der Waals surface area contributed by atoms with Crippen molar-refractivity contribution < 1.29 is 9.53 Å². The Labute approximate surface area is 92.4 Å². The van der Waals surface area contributed by atoms with Gasteiger partial charge in [0.25, 0.3) is 0 Å². The van der Waals surface area contributed by atoms with E-state index in [0.29, 0.717) is 18.3 Å². The lowest BCUT2D eigenvalue weighted by Crippen LogP contribution is -2.23. The highest BCUT2D eigenvalue weighted by molar-refractivity contribution is 5.73. The van der Waals surface area contributed by atoms with Crippen molar-refractivity contribution >= 4 is 5.91 Å². The first-order valence-corrected chi connectivity index (χ1v) is 6.08. The monoisotopic (exact) mass is 213 g/mol. The van der Waals surface area contributed by atoms with Crippen LogP contribution < -0.4 is 5.73 Å². The van der Waals surface area contributed by atoms with Crippen LogP contribution in [0, 0.1) is 11.8 Å². The second-order valence-electron chi connectivity index (χ2n) is 4.63. The fourth-order valence-corrected chi connectivity index (χ4v) is 2.28. The van der Waals surface area contributed by atoms with Crippen LogP contribution in [0.5, 0.6) is 0 Å². The first-order chi connectivity index (χ1) is 7.22. The Morgan fingerprint density at radius 3 is 2.40 bits per heavy atom. The molecular weight excluding hydrogens is 190 g/mol. The Hall–Kier alpha value is -0.570. The summed E-state index contributed by atoms with van der Waals surface area (Å²) in [5, 5.41) is 0. The molecule has 1 rings (SSSR count). The van der Waals surface area contributed by atoms with Crippen LogP contribution in [-0.4, -0.2) is 19.1 Å². The summed E-state index contributed by atoms with van der Waals surface area (Å²) < 4.78 is 5.55. The van der Waals surface area contributed by atoms with Gasteiger partial charge in [0.1, 0.15) is 0 Å². The molecule has 2 N–H and O–H groups in total. The second kappa shape index (κ2) is 6.83. The van der Waals surface area contributed by atoms with E-state index in [9.17, 15) is 4.79 Å².